The summed E-state index contributed by atoms with van der Waals surface area (Å²) >= 11 is 0. The van der Waals surface area contributed by atoms with Gasteiger partial charge in [-0.15, -0.1) is 6.42 Å². The molecule has 0 heterocycles. The highest BCUT2D eigenvalue weighted by atomic mass is 16.2. The lowest BCUT2D eigenvalue weighted by atomic mass is 10.1. The van der Waals surface area contributed by atoms with Crippen LogP contribution in [0.5, 0.6) is 0 Å². The second kappa shape index (κ2) is 6.72. The minimum Gasteiger partial charge on any atom is -0.340 e. The molecule has 0 aliphatic rings. The van der Waals surface area contributed by atoms with Crippen LogP contribution in [0.15, 0.2) is 24.3 Å². The fourth-order valence-corrected chi connectivity index (χ4v) is 1.43. The summed E-state index contributed by atoms with van der Waals surface area (Å²) in [6.45, 7) is 3.37. The normalized spacial score (nSPS) is 9.71. The van der Waals surface area contributed by atoms with Crippen molar-refractivity contribution in [2.75, 3.05) is 20.1 Å². The van der Waals surface area contributed by atoms with E-state index < -0.39 is 0 Å². The fourth-order valence-electron chi connectivity index (χ4n) is 1.43. The number of nitrogens with zero attached hydrogens (tertiary/aromatic N) is 1. The minimum absolute atomic E-state index is 0.0424. The number of terminal acetylenes is 1. The van der Waals surface area contributed by atoms with E-state index in [0.29, 0.717) is 13.1 Å². The Morgan fingerprint density at radius 2 is 2.06 bits per heavy atom. The largest absolute Gasteiger partial charge is 0.340 e. The molecular formula is C14H18N2O. The molecule has 3 nitrogen and oxygen atoms in total. The van der Waals surface area contributed by atoms with Crippen LogP contribution < -0.4 is 5.32 Å². The maximum Gasteiger partial charge on any atom is 0.236 e. The van der Waals surface area contributed by atoms with Crippen molar-refractivity contribution >= 4 is 5.91 Å². The third-order valence-electron chi connectivity index (χ3n) is 2.47. The number of hydrogen-bond acceptors (Lipinski definition) is 2. The van der Waals surface area contributed by atoms with Gasteiger partial charge in [0.25, 0.3) is 0 Å². The van der Waals surface area contributed by atoms with Crippen LogP contribution in [-0.4, -0.2) is 30.9 Å². The molecule has 0 saturated carbocycles. The molecule has 1 N–H and O–H groups in total. The van der Waals surface area contributed by atoms with Crippen molar-refractivity contribution in [1.82, 2.24) is 10.2 Å². The zero-order valence-corrected chi connectivity index (χ0v) is 10.4. The van der Waals surface area contributed by atoms with Crippen LogP contribution in [-0.2, 0) is 11.3 Å². The first-order valence-electron chi connectivity index (χ1n) is 5.57. The second-order valence-corrected chi connectivity index (χ2v) is 4.04. The molecule has 1 aromatic carbocycles. The van der Waals surface area contributed by atoms with Gasteiger partial charge in [-0.2, -0.15) is 0 Å². The number of carbonyl (C=O) groups is 1. The summed E-state index contributed by atoms with van der Waals surface area (Å²) in [7, 11) is 1.79. The van der Waals surface area contributed by atoms with E-state index in [1.165, 1.54) is 5.56 Å². The predicted molar refractivity (Wildman–Crippen MR) is 69.4 cm³/mol. The van der Waals surface area contributed by atoms with Crippen LogP contribution in [0.4, 0.5) is 0 Å². The van der Waals surface area contributed by atoms with Gasteiger partial charge in [-0.05, 0) is 12.5 Å². The Kier molecular flexibility index (Phi) is 5.25. The number of aryl methyl sites for hydroxylation is 1. The molecule has 0 fully saturated rings. The smallest absolute Gasteiger partial charge is 0.236 e. The van der Waals surface area contributed by atoms with Gasteiger partial charge >= 0.3 is 0 Å². The SMILES string of the molecule is C#CCNCC(=O)N(C)Cc1ccc(C)cc1. The Balaban J connectivity index is 2.43. The summed E-state index contributed by atoms with van der Waals surface area (Å²) in [5, 5.41) is 2.88. The Bertz CT molecular complexity index is 403. The molecule has 0 radical (unpaired) electrons. The lowest BCUT2D eigenvalue weighted by Crippen LogP contribution is -2.35. The van der Waals surface area contributed by atoms with Crippen LogP contribution in [0.3, 0.4) is 0 Å². The lowest BCUT2D eigenvalue weighted by Gasteiger charge is -2.17. The van der Waals surface area contributed by atoms with Gasteiger partial charge in [0.05, 0.1) is 13.1 Å². The van der Waals surface area contributed by atoms with Crippen molar-refractivity contribution in [3.8, 4) is 12.3 Å². The molecule has 0 saturated heterocycles. The molecule has 1 amide bonds. The van der Waals surface area contributed by atoms with E-state index in [1.54, 1.807) is 11.9 Å². The highest BCUT2D eigenvalue weighted by Crippen LogP contribution is 2.05. The Hall–Kier alpha value is -1.79. The van der Waals surface area contributed by atoms with E-state index in [0.717, 1.165) is 5.56 Å². The first kappa shape index (κ1) is 13.3. The van der Waals surface area contributed by atoms with E-state index in [1.807, 2.05) is 31.2 Å². The van der Waals surface area contributed by atoms with Crippen molar-refractivity contribution in [3.05, 3.63) is 35.4 Å². The highest BCUT2D eigenvalue weighted by Gasteiger charge is 2.07. The molecule has 0 bridgehead atoms. The van der Waals surface area contributed by atoms with Gasteiger partial charge in [0.2, 0.25) is 5.91 Å². The van der Waals surface area contributed by atoms with Gasteiger partial charge in [0.1, 0.15) is 0 Å². The van der Waals surface area contributed by atoms with Gasteiger partial charge < -0.3 is 4.90 Å². The lowest BCUT2D eigenvalue weighted by molar-refractivity contribution is -0.129. The van der Waals surface area contributed by atoms with Crippen LogP contribution in [0, 0.1) is 19.3 Å². The van der Waals surface area contributed by atoms with Gasteiger partial charge in [-0.25, -0.2) is 0 Å². The summed E-state index contributed by atoms with van der Waals surface area (Å²) in [5.74, 6) is 2.48. The van der Waals surface area contributed by atoms with E-state index >= 15 is 0 Å². The molecule has 0 aliphatic carbocycles. The van der Waals surface area contributed by atoms with Crippen LogP contribution in [0.1, 0.15) is 11.1 Å². The number of likely N-dealkylation sites (N-methyl/N-ethyl adjacent to an activating group) is 1. The van der Waals surface area contributed by atoms with E-state index in [-0.39, 0.29) is 12.5 Å². The second-order valence-electron chi connectivity index (χ2n) is 4.04. The van der Waals surface area contributed by atoms with E-state index in [9.17, 15) is 4.79 Å². The molecule has 17 heavy (non-hydrogen) atoms. The monoisotopic (exact) mass is 230 g/mol. The van der Waals surface area contributed by atoms with E-state index in [2.05, 4.69) is 11.2 Å². The highest BCUT2D eigenvalue weighted by molar-refractivity contribution is 5.77. The number of carbonyl (C=O) groups excluding carboxylic acids is 1. The number of nitrogens with one attached hydrogen (secondary N) is 1. The molecule has 3 heteroatoms. The van der Waals surface area contributed by atoms with E-state index in [4.69, 9.17) is 6.42 Å². The van der Waals surface area contributed by atoms with Crippen LogP contribution >= 0.6 is 0 Å². The molecule has 0 aliphatic heterocycles. The van der Waals surface area contributed by atoms with Crippen molar-refractivity contribution in [1.29, 1.82) is 0 Å². The number of hydrogen-bond donors (Lipinski definition) is 1. The standard InChI is InChI=1S/C14H18N2O/c1-4-9-15-10-14(17)16(3)11-13-7-5-12(2)6-8-13/h1,5-8,15H,9-11H2,2-3H3. The maximum absolute atomic E-state index is 11.7. The Labute approximate surface area is 103 Å². The molecule has 0 aromatic heterocycles. The van der Waals surface area contributed by atoms with Gasteiger partial charge in [-0.1, -0.05) is 35.7 Å². The minimum atomic E-state index is 0.0424. The summed E-state index contributed by atoms with van der Waals surface area (Å²) in [6.07, 6.45) is 5.09. The van der Waals surface area contributed by atoms with Crippen molar-refractivity contribution in [3.63, 3.8) is 0 Å². The number of benzene rings is 1. The topological polar surface area (TPSA) is 32.3 Å². The number of amides is 1. The Morgan fingerprint density at radius 3 is 2.65 bits per heavy atom. The van der Waals surface area contributed by atoms with Crippen LogP contribution in [0.25, 0.3) is 0 Å². The third kappa shape index (κ3) is 4.71. The third-order valence-corrected chi connectivity index (χ3v) is 2.47. The first-order valence-corrected chi connectivity index (χ1v) is 5.57. The molecule has 0 unspecified atom stereocenters. The molecule has 0 atom stereocenters. The average molecular weight is 230 g/mol. The Morgan fingerprint density at radius 1 is 1.41 bits per heavy atom. The summed E-state index contributed by atoms with van der Waals surface area (Å²) in [5.41, 5.74) is 2.35. The van der Waals surface area contributed by atoms with Gasteiger partial charge in [0, 0.05) is 13.6 Å². The van der Waals surface area contributed by atoms with Crippen molar-refractivity contribution in [2.24, 2.45) is 0 Å². The zero-order valence-electron chi connectivity index (χ0n) is 10.4. The number of rotatable bonds is 5. The van der Waals surface area contributed by atoms with Crippen molar-refractivity contribution < 1.29 is 4.79 Å². The van der Waals surface area contributed by atoms with Gasteiger partial charge in [-0.3, -0.25) is 10.1 Å². The molecule has 90 valence electrons. The maximum atomic E-state index is 11.7. The fraction of sp³-hybridized carbons (Fsp3) is 0.357. The van der Waals surface area contributed by atoms with Crippen LogP contribution in [0.2, 0.25) is 0 Å². The average Bonchev–Trinajstić information content (AvgIpc) is 2.32. The predicted octanol–water partition coefficient (Wildman–Crippen LogP) is 1.18. The summed E-state index contributed by atoms with van der Waals surface area (Å²) < 4.78 is 0. The van der Waals surface area contributed by atoms with Gasteiger partial charge in [0.15, 0.2) is 0 Å². The quantitative estimate of drug-likeness (QED) is 0.608. The molecule has 1 aromatic rings. The summed E-state index contributed by atoms with van der Waals surface area (Å²) in [6, 6.07) is 8.16. The summed E-state index contributed by atoms with van der Waals surface area (Å²) in [4.78, 5) is 13.4. The molecular weight excluding hydrogens is 212 g/mol. The first-order chi connectivity index (χ1) is 8.13. The molecule has 1 rings (SSSR count). The van der Waals surface area contributed by atoms with Crippen molar-refractivity contribution in [2.45, 2.75) is 13.5 Å². The molecule has 0 spiro atoms. The zero-order chi connectivity index (χ0) is 12.7.